The van der Waals surface area contributed by atoms with Crippen molar-refractivity contribution in [2.24, 2.45) is 0 Å². The highest BCUT2D eigenvalue weighted by Gasteiger charge is 2.21. The van der Waals surface area contributed by atoms with Gasteiger partial charge in [-0.15, -0.1) is 0 Å². The second kappa shape index (κ2) is 8.11. The van der Waals surface area contributed by atoms with E-state index in [1.54, 1.807) is 17.0 Å². The fraction of sp³-hybridized carbons (Fsp3) is 0.120. The highest BCUT2D eigenvalue weighted by molar-refractivity contribution is 5.93. The van der Waals surface area contributed by atoms with Gasteiger partial charge < -0.3 is 9.84 Å². The molecule has 158 valence electrons. The fourth-order valence-electron chi connectivity index (χ4n) is 3.79. The van der Waals surface area contributed by atoms with E-state index >= 15 is 0 Å². The van der Waals surface area contributed by atoms with Crippen LogP contribution in [0.3, 0.4) is 0 Å². The first-order valence-electron chi connectivity index (χ1n) is 10.2. The van der Waals surface area contributed by atoms with Gasteiger partial charge in [-0.25, -0.2) is 9.78 Å². The summed E-state index contributed by atoms with van der Waals surface area (Å²) in [5.41, 5.74) is 3.32. The van der Waals surface area contributed by atoms with Gasteiger partial charge in [-0.1, -0.05) is 12.1 Å². The van der Waals surface area contributed by atoms with E-state index in [4.69, 9.17) is 4.74 Å². The first kappa shape index (κ1) is 19.7. The molecular formula is C25H19N3O4. The zero-order valence-corrected chi connectivity index (χ0v) is 17.1. The smallest absolute Gasteiger partial charge is 0.335 e. The standard InChI is InChI=1S/C25H19N3O4/c29-24-21-6-3-19(25(30)31)14-22(21)27-23-18(9-12-28(23)24)13-16-1-4-20(5-2-16)32-15-17-7-10-26-11-8-17/h1-8,10-11,13-14H,9,12,15H2,(H,30,31)/b18-13+. The normalized spacial score (nSPS) is 13.9. The molecule has 7 nitrogen and oxygen atoms in total. The lowest BCUT2D eigenvalue weighted by atomic mass is 10.1. The Labute approximate surface area is 183 Å². The molecular weight excluding hydrogens is 406 g/mol. The number of pyridine rings is 1. The minimum atomic E-state index is -1.05. The number of fused-ring (bicyclic) bond motifs is 2. The van der Waals surface area contributed by atoms with Gasteiger partial charge in [0.25, 0.3) is 5.56 Å². The van der Waals surface area contributed by atoms with E-state index in [0.717, 1.165) is 22.4 Å². The van der Waals surface area contributed by atoms with Gasteiger partial charge in [0.1, 0.15) is 18.2 Å². The van der Waals surface area contributed by atoms with Crippen LogP contribution in [0.4, 0.5) is 0 Å². The van der Waals surface area contributed by atoms with E-state index in [9.17, 15) is 14.7 Å². The number of carboxylic acid groups (broad SMARTS) is 1. The number of ether oxygens (including phenoxy) is 1. The van der Waals surface area contributed by atoms with Gasteiger partial charge >= 0.3 is 5.97 Å². The molecule has 0 fully saturated rings. The minimum absolute atomic E-state index is 0.111. The molecule has 0 amide bonds. The molecule has 32 heavy (non-hydrogen) atoms. The van der Waals surface area contributed by atoms with Crippen LogP contribution in [-0.2, 0) is 13.2 Å². The SMILES string of the molecule is O=C(O)c1ccc2c(=O)n3c(nc2c1)/C(=C/c1ccc(OCc2ccncc2)cc1)CC3. The number of carboxylic acids is 1. The van der Waals surface area contributed by atoms with Gasteiger partial charge in [-0.3, -0.25) is 14.3 Å². The third-order valence-electron chi connectivity index (χ3n) is 5.47. The van der Waals surface area contributed by atoms with Crippen molar-refractivity contribution in [1.29, 1.82) is 0 Å². The summed E-state index contributed by atoms with van der Waals surface area (Å²) in [6, 6.07) is 16.0. The van der Waals surface area contributed by atoms with Crippen molar-refractivity contribution < 1.29 is 14.6 Å². The Morgan fingerprint density at radius 2 is 1.88 bits per heavy atom. The third-order valence-corrected chi connectivity index (χ3v) is 5.47. The molecule has 0 radical (unpaired) electrons. The Hall–Kier alpha value is -4.26. The van der Waals surface area contributed by atoms with Crippen molar-refractivity contribution >= 4 is 28.5 Å². The fourth-order valence-corrected chi connectivity index (χ4v) is 3.79. The minimum Gasteiger partial charge on any atom is -0.489 e. The summed E-state index contributed by atoms with van der Waals surface area (Å²) in [4.78, 5) is 32.8. The molecule has 0 saturated carbocycles. The summed E-state index contributed by atoms with van der Waals surface area (Å²) in [5.74, 6) is 0.302. The van der Waals surface area contributed by atoms with E-state index in [1.807, 2.05) is 42.5 Å². The van der Waals surface area contributed by atoms with E-state index in [1.165, 1.54) is 18.2 Å². The molecule has 0 saturated heterocycles. The molecule has 0 bridgehead atoms. The molecule has 5 rings (SSSR count). The van der Waals surface area contributed by atoms with Crippen LogP contribution < -0.4 is 10.3 Å². The van der Waals surface area contributed by atoms with E-state index < -0.39 is 5.97 Å². The number of hydrogen-bond donors (Lipinski definition) is 1. The van der Waals surface area contributed by atoms with Gasteiger partial charge in [0.05, 0.1) is 16.5 Å². The van der Waals surface area contributed by atoms with Crippen LogP contribution in [-0.4, -0.2) is 25.6 Å². The second-order valence-electron chi connectivity index (χ2n) is 7.56. The molecule has 0 atom stereocenters. The Kier molecular flexibility index (Phi) is 4.99. The molecule has 7 heteroatoms. The maximum Gasteiger partial charge on any atom is 0.335 e. The average Bonchev–Trinajstić information content (AvgIpc) is 3.21. The van der Waals surface area contributed by atoms with Crippen LogP contribution >= 0.6 is 0 Å². The van der Waals surface area contributed by atoms with Crippen molar-refractivity contribution in [2.45, 2.75) is 19.6 Å². The number of allylic oxidation sites excluding steroid dienone is 1. The molecule has 0 spiro atoms. The molecule has 1 aliphatic heterocycles. The molecule has 2 aromatic carbocycles. The van der Waals surface area contributed by atoms with Gasteiger partial charge in [-0.2, -0.15) is 0 Å². The van der Waals surface area contributed by atoms with Gasteiger partial charge in [0, 0.05) is 18.9 Å². The number of aromatic nitrogens is 3. The predicted octanol–water partition coefficient (Wildman–Crippen LogP) is 4.01. The van der Waals surface area contributed by atoms with Gasteiger partial charge in [0.2, 0.25) is 0 Å². The van der Waals surface area contributed by atoms with Crippen LogP contribution in [0.2, 0.25) is 0 Å². The topological polar surface area (TPSA) is 94.3 Å². The highest BCUT2D eigenvalue weighted by atomic mass is 16.5. The number of carbonyl (C=O) groups is 1. The van der Waals surface area contributed by atoms with Crippen LogP contribution in [0.5, 0.6) is 5.75 Å². The predicted molar refractivity (Wildman–Crippen MR) is 120 cm³/mol. The molecule has 4 aromatic rings. The molecule has 1 aliphatic rings. The summed E-state index contributed by atoms with van der Waals surface area (Å²) < 4.78 is 7.47. The molecule has 0 aliphatic carbocycles. The second-order valence-corrected chi connectivity index (χ2v) is 7.56. The van der Waals surface area contributed by atoms with Crippen molar-refractivity contribution in [2.75, 3.05) is 0 Å². The Morgan fingerprint density at radius 3 is 2.62 bits per heavy atom. The number of hydrogen-bond acceptors (Lipinski definition) is 5. The zero-order chi connectivity index (χ0) is 22.1. The van der Waals surface area contributed by atoms with Gasteiger partial charge in [-0.05, 0) is 71.7 Å². The number of nitrogens with zero attached hydrogens (tertiary/aromatic N) is 3. The van der Waals surface area contributed by atoms with E-state index in [2.05, 4.69) is 9.97 Å². The monoisotopic (exact) mass is 425 g/mol. The summed E-state index contributed by atoms with van der Waals surface area (Å²) in [6.45, 7) is 1.02. The average molecular weight is 425 g/mol. The summed E-state index contributed by atoms with van der Waals surface area (Å²) in [5, 5.41) is 9.67. The largest absolute Gasteiger partial charge is 0.489 e. The van der Waals surface area contributed by atoms with Crippen molar-refractivity contribution in [3.05, 3.63) is 99.9 Å². The molecule has 2 aromatic heterocycles. The van der Waals surface area contributed by atoms with Crippen LogP contribution in [0.15, 0.2) is 71.8 Å². The lowest BCUT2D eigenvalue weighted by molar-refractivity contribution is 0.0697. The lowest BCUT2D eigenvalue weighted by Gasteiger charge is -2.07. The summed E-state index contributed by atoms with van der Waals surface area (Å²) in [6.07, 6.45) is 6.16. The molecule has 1 N–H and O–H groups in total. The third kappa shape index (κ3) is 3.76. The lowest BCUT2D eigenvalue weighted by Crippen LogP contribution is -2.20. The Balaban J connectivity index is 1.42. The van der Waals surface area contributed by atoms with Crippen LogP contribution in [0, 0.1) is 0 Å². The Bertz CT molecular complexity index is 1410. The zero-order valence-electron chi connectivity index (χ0n) is 17.1. The van der Waals surface area contributed by atoms with Crippen LogP contribution in [0.25, 0.3) is 22.6 Å². The summed E-state index contributed by atoms with van der Waals surface area (Å²) in [7, 11) is 0. The van der Waals surface area contributed by atoms with Crippen LogP contribution in [0.1, 0.15) is 33.7 Å². The maximum absolute atomic E-state index is 12.9. The number of benzene rings is 2. The van der Waals surface area contributed by atoms with E-state index in [-0.39, 0.29) is 11.1 Å². The quantitative estimate of drug-likeness (QED) is 0.519. The maximum atomic E-state index is 12.9. The van der Waals surface area contributed by atoms with Gasteiger partial charge in [0.15, 0.2) is 0 Å². The van der Waals surface area contributed by atoms with Crippen molar-refractivity contribution in [1.82, 2.24) is 14.5 Å². The molecule has 0 unspecified atom stereocenters. The Morgan fingerprint density at radius 1 is 1.09 bits per heavy atom. The highest BCUT2D eigenvalue weighted by Crippen LogP contribution is 2.28. The first-order chi connectivity index (χ1) is 15.6. The van der Waals surface area contributed by atoms with Crippen molar-refractivity contribution in [3.63, 3.8) is 0 Å². The van der Waals surface area contributed by atoms with Crippen molar-refractivity contribution in [3.8, 4) is 5.75 Å². The molecule has 3 heterocycles. The number of aromatic carboxylic acids is 1. The number of rotatable bonds is 5. The first-order valence-corrected chi connectivity index (χ1v) is 10.2. The van der Waals surface area contributed by atoms with E-state index in [0.29, 0.717) is 36.3 Å². The summed E-state index contributed by atoms with van der Waals surface area (Å²) >= 11 is 0.